The second kappa shape index (κ2) is 6.01. The van der Waals surface area contributed by atoms with E-state index in [1.807, 2.05) is 37.6 Å². The number of hydrogen-bond donors (Lipinski definition) is 2. The molecule has 1 atom stereocenters. The van der Waals surface area contributed by atoms with Crippen LogP contribution < -0.4 is 10.6 Å². The number of anilines is 1. The Hall–Kier alpha value is -2.80. The first-order valence-corrected chi connectivity index (χ1v) is 7.99. The number of carbonyl (C=O) groups is 1. The molecule has 0 saturated carbocycles. The Morgan fingerprint density at radius 3 is 3.00 bits per heavy atom. The zero-order chi connectivity index (χ0) is 16.5. The summed E-state index contributed by atoms with van der Waals surface area (Å²) in [7, 11) is 1.89. The summed E-state index contributed by atoms with van der Waals surface area (Å²) in [5.74, 6) is 0.264. The van der Waals surface area contributed by atoms with Gasteiger partial charge in [-0.15, -0.1) is 0 Å². The first-order valence-electron chi connectivity index (χ1n) is 7.99. The Balaban J connectivity index is 1.62. The zero-order valence-corrected chi connectivity index (χ0v) is 13.4. The van der Waals surface area contributed by atoms with Crippen LogP contribution in [0.15, 0.2) is 36.8 Å². The van der Waals surface area contributed by atoms with Crippen LogP contribution in [0.25, 0.3) is 22.0 Å². The lowest BCUT2D eigenvalue weighted by atomic mass is 10.1. The predicted octanol–water partition coefficient (Wildman–Crippen LogP) is 1.72. The topological polar surface area (TPSA) is 84.7 Å². The molecule has 1 fully saturated rings. The molecule has 0 radical (unpaired) electrons. The molecule has 2 aromatic heterocycles. The van der Waals surface area contributed by atoms with E-state index < -0.39 is 0 Å². The predicted molar refractivity (Wildman–Crippen MR) is 91.4 cm³/mol. The van der Waals surface area contributed by atoms with Crippen molar-refractivity contribution in [3.63, 3.8) is 0 Å². The SMILES string of the molecule is Cn1cc(-c2ccc3cnc(NC(=O)[C@H]4CCCN4)nc3c2)cn1. The molecule has 1 saturated heterocycles. The molecule has 7 nitrogen and oxygen atoms in total. The van der Waals surface area contributed by atoms with E-state index >= 15 is 0 Å². The van der Waals surface area contributed by atoms with Crippen LogP contribution >= 0.6 is 0 Å². The fourth-order valence-corrected chi connectivity index (χ4v) is 2.94. The average Bonchev–Trinajstić information content (AvgIpc) is 3.25. The van der Waals surface area contributed by atoms with Crippen molar-refractivity contribution in [3.8, 4) is 11.1 Å². The summed E-state index contributed by atoms with van der Waals surface area (Å²) in [6.07, 6.45) is 7.37. The van der Waals surface area contributed by atoms with Crippen molar-refractivity contribution in [1.29, 1.82) is 0 Å². The number of amides is 1. The molecule has 7 heteroatoms. The minimum Gasteiger partial charge on any atom is -0.306 e. The van der Waals surface area contributed by atoms with Crippen LogP contribution in [0.1, 0.15) is 12.8 Å². The summed E-state index contributed by atoms with van der Waals surface area (Å²) >= 11 is 0. The summed E-state index contributed by atoms with van der Waals surface area (Å²) in [6, 6.07) is 5.83. The minimum atomic E-state index is -0.147. The van der Waals surface area contributed by atoms with Crippen molar-refractivity contribution in [2.45, 2.75) is 18.9 Å². The highest BCUT2D eigenvalue weighted by atomic mass is 16.2. The Kier molecular flexibility index (Phi) is 3.70. The largest absolute Gasteiger partial charge is 0.306 e. The highest BCUT2D eigenvalue weighted by Crippen LogP contribution is 2.23. The van der Waals surface area contributed by atoms with Crippen LogP contribution in [0.2, 0.25) is 0 Å². The van der Waals surface area contributed by atoms with Crippen molar-refractivity contribution in [3.05, 3.63) is 36.8 Å². The fraction of sp³-hybridized carbons (Fsp3) is 0.294. The van der Waals surface area contributed by atoms with E-state index in [4.69, 9.17) is 0 Å². The number of carbonyl (C=O) groups excluding carboxylic acids is 1. The number of aryl methyl sites for hydroxylation is 1. The van der Waals surface area contributed by atoms with Gasteiger partial charge >= 0.3 is 0 Å². The molecule has 122 valence electrons. The van der Waals surface area contributed by atoms with Gasteiger partial charge in [0, 0.05) is 30.4 Å². The number of hydrogen-bond acceptors (Lipinski definition) is 5. The number of rotatable bonds is 3. The highest BCUT2D eigenvalue weighted by Gasteiger charge is 2.22. The molecule has 0 aliphatic carbocycles. The lowest BCUT2D eigenvalue weighted by Gasteiger charge is -2.10. The first-order chi connectivity index (χ1) is 11.7. The Morgan fingerprint density at radius 1 is 1.33 bits per heavy atom. The summed E-state index contributed by atoms with van der Waals surface area (Å²) < 4.78 is 1.76. The third-order valence-electron chi connectivity index (χ3n) is 4.23. The molecule has 1 amide bonds. The van der Waals surface area contributed by atoms with Gasteiger partial charge in [0.1, 0.15) is 0 Å². The third kappa shape index (κ3) is 2.85. The van der Waals surface area contributed by atoms with E-state index in [1.165, 1.54) is 0 Å². The van der Waals surface area contributed by atoms with Crippen LogP contribution in [-0.2, 0) is 11.8 Å². The Bertz CT molecular complexity index is 897. The standard InChI is InChI=1S/C17H18N6O/c1-23-10-13(9-20-23)11-4-5-12-8-19-17(21-15(12)7-11)22-16(24)14-3-2-6-18-14/h4-5,7-10,14,18H,2-3,6H2,1H3,(H,19,21,22,24)/t14-/m1/s1. The molecule has 1 aliphatic rings. The van der Waals surface area contributed by atoms with Crippen molar-refractivity contribution in [2.75, 3.05) is 11.9 Å². The average molecular weight is 322 g/mol. The summed E-state index contributed by atoms with van der Waals surface area (Å²) in [5.41, 5.74) is 2.85. The van der Waals surface area contributed by atoms with Gasteiger partial charge in [0.15, 0.2) is 0 Å². The molecule has 0 unspecified atom stereocenters. The maximum absolute atomic E-state index is 12.2. The third-order valence-corrected chi connectivity index (χ3v) is 4.23. The second-order valence-corrected chi connectivity index (χ2v) is 6.01. The molecular formula is C17H18N6O. The van der Waals surface area contributed by atoms with Crippen molar-refractivity contribution in [1.82, 2.24) is 25.1 Å². The molecule has 1 aromatic carbocycles. The van der Waals surface area contributed by atoms with E-state index in [0.29, 0.717) is 5.95 Å². The normalized spacial score (nSPS) is 17.3. The lowest BCUT2D eigenvalue weighted by molar-refractivity contribution is -0.117. The molecule has 4 rings (SSSR count). The molecule has 3 heterocycles. The number of nitrogens with zero attached hydrogens (tertiary/aromatic N) is 4. The van der Waals surface area contributed by atoms with Gasteiger partial charge in [-0.05, 0) is 31.0 Å². The lowest BCUT2D eigenvalue weighted by Crippen LogP contribution is -2.35. The maximum Gasteiger partial charge on any atom is 0.243 e. The van der Waals surface area contributed by atoms with E-state index in [2.05, 4.69) is 25.7 Å². The zero-order valence-electron chi connectivity index (χ0n) is 13.4. The van der Waals surface area contributed by atoms with E-state index in [0.717, 1.165) is 41.4 Å². The van der Waals surface area contributed by atoms with Gasteiger partial charge in [-0.3, -0.25) is 14.8 Å². The monoisotopic (exact) mass is 322 g/mol. The van der Waals surface area contributed by atoms with Gasteiger partial charge in [-0.1, -0.05) is 12.1 Å². The summed E-state index contributed by atoms with van der Waals surface area (Å²) in [5, 5.41) is 11.1. The Labute approximate surface area is 139 Å². The summed E-state index contributed by atoms with van der Waals surface area (Å²) in [4.78, 5) is 20.9. The van der Waals surface area contributed by atoms with Crippen molar-refractivity contribution < 1.29 is 4.79 Å². The molecule has 2 N–H and O–H groups in total. The van der Waals surface area contributed by atoms with Crippen LogP contribution in [0.3, 0.4) is 0 Å². The van der Waals surface area contributed by atoms with Crippen LogP contribution in [0, 0.1) is 0 Å². The van der Waals surface area contributed by atoms with Gasteiger partial charge < -0.3 is 5.32 Å². The van der Waals surface area contributed by atoms with Crippen molar-refractivity contribution >= 4 is 22.8 Å². The van der Waals surface area contributed by atoms with Gasteiger partial charge in [-0.25, -0.2) is 9.97 Å². The smallest absolute Gasteiger partial charge is 0.243 e. The van der Waals surface area contributed by atoms with E-state index in [9.17, 15) is 4.79 Å². The van der Waals surface area contributed by atoms with E-state index in [-0.39, 0.29) is 11.9 Å². The van der Waals surface area contributed by atoms with Gasteiger partial charge in [-0.2, -0.15) is 5.10 Å². The summed E-state index contributed by atoms with van der Waals surface area (Å²) in [6.45, 7) is 0.880. The van der Waals surface area contributed by atoms with Crippen LogP contribution in [-0.4, -0.2) is 38.2 Å². The number of fused-ring (bicyclic) bond motifs is 1. The first kappa shape index (κ1) is 14.8. The van der Waals surface area contributed by atoms with Gasteiger partial charge in [0.2, 0.25) is 11.9 Å². The molecule has 0 spiro atoms. The quantitative estimate of drug-likeness (QED) is 0.767. The van der Waals surface area contributed by atoms with Crippen LogP contribution in [0.4, 0.5) is 5.95 Å². The van der Waals surface area contributed by atoms with Gasteiger partial charge in [0.05, 0.1) is 17.8 Å². The van der Waals surface area contributed by atoms with Crippen LogP contribution in [0.5, 0.6) is 0 Å². The number of aromatic nitrogens is 4. The minimum absolute atomic E-state index is 0.0738. The fourth-order valence-electron chi connectivity index (χ4n) is 2.94. The Morgan fingerprint density at radius 2 is 2.25 bits per heavy atom. The highest BCUT2D eigenvalue weighted by molar-refractivity contribution is 5.94. The number of benzene rings is 1. The maximum atomic E-state index is 12.2. The molecular weight excluding hydrogens is 304 g/mol. The van der Waals surface area contributed by atoms with E-state index in [1.54, 1.807) is 10.9 Å². The molecule has 0 bridgehead atoms. The molecule has 3 aromatic rings. The molecule has 24 heavy (non-hydrogen) atoms. The van der Waals surface area contributed by atoms with Crippen molar-refractivity contribution in [2.24, 2.45) is 7.05 Å². The second-order valence-electron chi connectivity index (χ2n) is 6.01. The number of nitrogens with one attached hydrogen (secondary N) is 2. The molecule has 1 aliphatic heterocycles. The van der Waals surface area contributed by atoms with Gasteiger partial charge in [0.25, 0.3) is 0 Å².